The molecule has 2 aliphatic carbocycles. The predicted molar refractivity (Wildman–Crippen MR) is 288 cm³/mol. The zero-order chi connectivity index (χ0) is 53.4. The molecule has 0 bridgehead atoms. The quantitative estimate of drug-likeness (QED) is 0.0452. The molecule has 0 unspecified atom stereocenters. The number of carbonyl (C=O) groups excluding carboxylic acids is 2. The fraction of sp³-hybridized carbons (Fsp3) is 0.250. The first kappa shape index (κ1) is 59.7. The number of benzene rings is 4. The van der Waals surface area contributed by atoms with Crippen LogP contribution < -0.4 is 38.2 Å². The fourth-order valence-electron chi connectivity index (χ4n) is 7.87. The maximum Gasteiger partial charge on any atom is 2.00 e. The van der Waals surface area contributed by atoms with E-state index in [4.69, 9.17) is 5.10 Å². The Labute approximate surface area is 476 Å². The van der Waals surface area contributed by atoms with Gasteiger partial charge in [0.2, 0.25) is 0 Å². The van der Waals surface area contributed by atoms with Crippen LogP contribution >= 0.6 is 15.9 Å². The molecule has 4 aromatic carbocycles. The van der Waals surface area contributed by atoms with E-state index in [1.165, 1.54) is 0 Å². The normalized spacial score (nSPS) is 12.9. The number of nitrogens with zero attached hydrogens (tertiary/aromatic N) is 6. The van der Waals surface area contributed by atoms with Gasteiger partial charge in [-0.25, -0.2) is 19.0 Å². The van der Waals surface area contributed by atoms with E-state index in [0.29, 0.717) is 61.1 Å². The molecule has 2 amide bonds. The van der Waals surface area contributed by atoms with Crippen LogP contribution in [0.5, 0.6) is 0 Å². The van der Waals surface area contributed by atoms with Crippen molar-refractivity contribution in [1.82, 2.24) is 39.8 Å². The maximum atomic E-state index is 12.8. The second kappa shape index (κ2) is 26.2. The van der Waals surface area contributed by atoms with Crippen molar-refractivity contribution in [3.05, 3.63) is 185 Å². The van der Waals surface area contributed by atoms with Crippen molar-refractivity contribution >= 4 is 79.0 Å². The first-order chi connectivity index (χ1) is 35.8. The molecule has 0 radical (unpaired) electrons. The molecule has 4 heterocycles. The minimum Gasteiger partial charge on any atom is -1.00 e. The molecular weight excluding hydrogens is 1140 g/mol. The summed E-state index contributed by atoms with van der Waals surface area (Å²) < 4.78 is 79.5. The number of fused-ring (bicyclic) bond motifs is 2. The number of rotatable bonds is 15. The van der Waals surface area contributed by atoms with Gasteiger partial charge < -0.3 is 38.2 Å². The number of hydrogen-bond donors (Lipinski definition) is 4. The van der Waals surface area contributed by atoms with Gasteiger partial charge in [-0.05, 0) is 109 Å². The zero-order valence-corrected chi connectivity index (χ0v) is 46.6. The molecule has 4 aromatic heterocycles. The van der Waals surface area contributed by atoms with Crippen molar-refractivity contribution < 1.29 is 52.9 Å². The van der Waals surface area contributed by atoms with Crippen LogP contribution in [0.25, 0.3) is 39.4 Å². The topological polar surface area (TPSA) is 143 Å². The molecule has 0 saturated heterocycles. The van der Waals surface area contributed by atoms with Gasteiger partial charge >= 0.3 is 35.4 Å². The van der Waals surface area contributed by atoms with Gasteiger partial charge in [0.15, 0.2) is 11.3 Å². The SMILES string of the molecule is C=C(c1ccccc1)c1cc(NCCC(F)(F)F)c2ncc(-c3ccc(C(=O)NC4CC4)c(C)c3)n2n1.C=[C-]c1ccccc1.Cc1cc(-c2cnc3c(NCCC(F)(F)F)cc(Br)nn23)ccc1C(=O)NC1CC1.[Br-].[Mg+2]. The van der Waals surface area contributed by atoms with Gasteiger partial charge in [-0.2, -0.15) is 66.9 Å². The van der Waals surface area contributed by atoms with E-state index in [0.717, 1.165) is 59.1 Å². The number of carbonyl (C=O) groups is 2. The number of alkyl halides is 6. The van der Waals surface area contributed by atoms with E-state index in [9.17, 15) is 35.9 Å². The molecule has 0 spiro atoms. The Bertz CT molecular complexity index is 3360. The minimum atomic E-state index is -4.28. The molecule has 21 heteroatoms. The summed E-state index contributed by atoms with van der Waals surface area (Å²) in [5.41, 5.74) is 10.5. The van der Waals surface area contributed by atoms with Gasteiger partial charge in [0.05, 0.1) is 53.7 Å². The number of imidazole rings is 2. The van der Waals surface area contributed by atoms with Crippen LogP contribution in [0.1, 0.15) is 87.2 Å². The van der Waals surface area contributed by atoms with Crippen molar-refractivity contribution in [3.63, 3.8) is 0 Å². The van der Waals surface area contributed by atoms with Gasteiger partial charge in [0, 0.05) is 53.0 Å². The van der Waals surface area contributed by atoms with E-state index in [1.54, 1.807) is 45.7 Å². The molecule has 396 valence electrons. The van der Waals surface area contributed by atoms with E-state index < -0.39 is 25.2 Å². The summed E-state index contributed by atoms with van der Waals surface area (Å²) in [4.78, 5) is 33.7. The molecule has 2 fully saturated rings. The second-order valence-corrected chi connectivity index (χ2v) is 18.9. The number of anilines is 2. The summed E-state index contributed by atoms with van der Waals surface area (Å²) >= 11 is 3.31. The summed E-state index contributed by atoms with van der Waals surface area (Å²) in [6.07, 6.45) is -0.373. The van der Waals surface area contributed by atoms with E-state index in [-0.39, 0.29) is 77.0 Å². The Hall–Kier alpha value is -6.55. The Morgan fingerprint density at radius 1 is 0.662 bits per heavy atom. The molecule has 8 aromatic rings. The van der Waals surface area contributed by atoms with Gasteiger partial charge in [0.25, 0.3) is 11.8 Å². The van der Waals surface area contributed by atoms with Crippen molar-refractivity contribution in [3.8, 4) is 22.5 Å². The van der Waals surface area contributed by atoms with Crippen LogP contribution in [0.4, 0.5) is 37.7 Å². The van der Waals surface area contributed by atoms with Gasteiger partial charge in [-0.15, -0.1) is 12.1 Å². The molecule has 0 aliphatic heterocycles. The van der Waals surface area contributed by atoms with E-state index >= 15 is 0 Å². The first-order valence-corrected chi connectivity index (χ1v) is 24.8. The third-order valence-corrected chi connectivity index (χ3v) is 12.5. The standard InChI is InChI=1S/C28H26F3N5O.C20H19BrF3N5O.C8H7.BrH.Mg/c1-17-14-20(8-11-22(17)27(37)34-21-9-10-21)25-16-33-26-24(32-13-12-28(29,30)31)15-23(35-36(25)26)18(2)19-6-4-3-5-7-19;1-11-8-12(2-5-14(11)19(30)27-13-3-4-13)16-10-26-18-15(9-17(21)28-29(16)18)25-7-6-20(22,23)24;1-2-8-6-4-3-5-7-8;;/h3-8,11,14-16,21,32H,2,9-10,12-13H2,1H3,(H,34,37);2,5,8-10,13,25H,3-4,6-7H2,1H3,(H,27,30);3-7H,1H2;1H;/q;;-1;;+2/p-1. The first-order valence-electron chi connectivity index (χ1n) is 24.0. The van der Waals surface area contributed by atoms with E-state index in [2.05, 4.69) is 71.5 Å². The van der Waals surface area contributed by atoms with Crippen molar-refractivity contribution in [2.24, 2.45) is 0 Å². The smallest absolute Gasteiger partial charge is 1.00 e. The van der Waals surface area contributed by atoms with Gasteiger partial charge in [0.1, 0.15) is 4.60 Å². The number of aromatic nitrogens is 6. The van der Waals surface area contributed by atoms with Crippen molar-refractivity contribution in [1.29, 1.82) is 0 Å². The summed E-state index contributed by atoms with van der Waals surface area (Å²) in [7, 11) is 0. The van der Waals surface area contributed by atoms with Crippen LogP contribution in [0.3, 0.4) is 0 Å². The van der Waals surface area contributed by atoms with Crippen LogP contribution in [-0.2, 0) is 0 Å². The van der Waals surface area contributed by atoms with Gasteiger partial charge in [-0.1, -0.05) is 55.1 Å². The van der Waals surface area contributed by atoms with Crippen LogP contribution in [-0.4, -0.2) is 102 Å². The largest absolute Gasteiger partial charge is 2.00 e. The number of hydrogen-bond acceptors (Lipinski definition) is 8. The monoisotopic (exact) mass is 1190 g/mol. The Morgan fingerprint density at radius 2 is 1.10 bits per heavy atom. The average Bonchev–Trinajstić information content (AvgIpc) is 4.29. The summed E-state index contributed by atoms with van der Waals surface area (Å²) in [6.45, 7) is 10.9. The number of halogens is 8. The Kier molecular flexibility index (Phi) is 20.3. The molecule has 2 aliphatic rings. The molecule has 12 nitrogen and oxygen atoms in total. The molecule has 2 saturated carbocycles. The van der Waals surface area contributed by atoms with Crippen LogP contribution in [0, 0.1) is 19.9 Å². The van der Waals surface area contributed by atoms with Crippen LogP contribution in [0.15, 0.2) is 139 Å². The molecule has 10 rings (SSSR count). The van der Waals surface area contributed by atoms with E-state index in [1.807, 2.05) is 98.8 Å². The summed E-state index contributed by atoms with van der Waals surface area (Å²) in [6, 6.07) is 34.1. The predicted octanol–water partition coefficient (Wildman–Crippen LogP) is 9.39. The summed E-state index contributed by atoms with van der Waals surface area (Å²) in [5.74, 6) is -0.183. The number of amides is 2. The van der Waals surface area contributed by atoms with Gasteiger partial charge in [-0.3, -0.25) is 9.59 Å². The Morgan fingerprint density at radius 3 is 1.52 bits per heavy atom. The third kappa shape index (κ3) is 16.2. The average molecular weight is 1200 g/mol. The Balaban J connectivity index is 0.000000216. The molecule has 0 atom stereocenters. The van der Waals surface area contributed by atoms with Crippen molar-refractivity contribution in [2.75, 3.05) is 23.7 Å². The molecular formula is C56H52Br2F6MgN10O2. The second-order valence-electron chi connectivity index (χ2n) is 18.1. The van der Waals surface area contributed by atoms with Crippen LogP contribution in [0.2, 0.25) is 0 Å². The zero-order valence-electron chi connectivity index (χ0n) is 42.0. The maximum absolute atomic E-state index is 12.8. The molecule has 77 heavy (non-hydrogen) atoms. The number of aryl methyl sites for hydroxylation is 2. The minimum absolute atomic E-state index is 0. The number of nitrogens with one attached hydrogen (secondary N) is 4. The summed E-state index contributed by atoms with van der Waals surface area (Å²) in [5, 5.41) is 20.8. The molecule has 4 N–H and O–H groups in total. The fourth-order valence-corrected chi connectivity index (χ4v) is 8.25. The third-order valence-electron chi connectivity index (χ3n) is 12.1. The van der Waals surface area contributed by atoms with Crippen molar-refractivity contribution in [2.45, 2.75) is 76.8 Å².